The van der Waals surface area contributed by atoms with Gasteiger partial charge in [0.25, 0.3) is 0 Å². The number of aliphatic hydroxyl groups excluding tert-OH is 1. The largest absolute Gasteiger partial charge is 0.445 e. The summed E-state index contributed by atoms with van der Waals surface area (Å²) in [4.78, 5) is 25.8. The first kappa shape index (κ1) is 21.2. The number of ether oxygens (including phenoxy) is 1. The van der Waals surface area contributed by atoms with E-state index in [1.807, 2.05) is 37.3 Å². The van der Waals surface area contributed by atoms with Crippen LogP contribution in [0, 0.1) is 11.8 Å². The molecule has 0 saturated heterocycles. The van der Waals surface area contributed by atoms with Crippen LogP contribution in [0.5, 0.6) is 0 Å². The van der Waals surface area contributed by atoms with Crippen LogP contribution < -0.4 is 5.32 Å². The van der Waals surface area contributed by atoms with Gasteiger partial charge in [-0.3, -0.25) is 4.79 Å². The van der Waals surface area contributed by atoms with Gasteiger partial charge in [-0.1, -0.05) is 37.3 Å². The Kier molecular flexibility index (Phi) is 8.58. The topological polar surface area (TPSA) is 78.9 Å². The molecule has 2 amide bonds. The molecule has 2 N–H and O–H groups in total. The molecule has 2 rings (SSSR count). The molecular formula is C21H32N2O4. The molecule has 1 fully saturated rings. The third-order valence-corrected chi connectivity index (χ3v) is 5.30. The van der Waals surface area contributed by atoms with Gasteiger partial charge in [-0.05, 0) is 43.6 Å². The van der Waals surface area contributed by atoms with E-state index in [1.165, 1.54) is 0 Å². The summed E-state index contributed by atoms with van der Waals surface area (Å²) in [7, 11) is 1.73. The lowest BCUT2D eigenvalue weighted by molar-refractivity contribution is -0.134. The van der Waals surface area contributed by atoms with Crippen molar-refractivity contribution >= 4 is 12.0 Å². The number of carbonyl (C=O) groups excluding carboxylic acids is 2. The highest BCUT2D eigenvalue weighted by molar-refractivity contribution is 5.78. The summed E-state index contributed by atoms with van der Waals surface area (Å²) in [6.45, 7) is 2.61. The molecule has 150 valence electrons. The van der Waals surface area contributed by atoms with E-state index in [0.29, 0.717) is 12.5 Å². The first-order chi connectivity index (χ1) is 13.0. The standard InChI is InChI=1S/C21H32N2O4/c1-16(20(25)23(2)12-13-24)14-17-8-10-19(11-9-17)22-21(26)27-15-18-6-4-3-5-7-18/h3-7,16-17,19,24H,8-15H2,1-2H3,(H,22,26)/t16?,17-,19-. The van der Waals surface area contributed by atoms with Crippen LogP contribution in [-0.4, -0.2) is 48.2 Å². The molecule has 6 nitrogen and oxygen atoms in total. The van der Waals surface area contributed by atoms with Crippen LogP contribution in [-0.2, 0) is 16.1 Å². The fraction of sp³-hybridized carbons (Fsp3) is 0.619. The summed E-state index contributed by atoms with van der Waals surface area (Å²) in [5.74, 6) is 0.561. The van der Waals surface area contributed by atoms with Gasteiger partial charge in [0.1, 0.15) is 6.61 Å². The molecule has 1 aliphatic rings. The molecule has 1 unspecified atom stereocenters. The molecule has 1 atom stereocenters. The van der Waals surface area contributed by atoms with Crippen LogP contribution in [0.4, 0.5) is 4.79 Å². The van der Waals surface area contributed by atoms with Crippen LogP contribution in [0.2, 0.25) is 0 Å². The smallest absolute Gasteiger partial charge is 0.407 e. The lowest BCUT2D eigenvalue weighted by Gasteiger charge is -2.31. The van der Waals surface area contributed by atoms with E-state index in [1.54, 1.807) is 11.9 Å². The van der Waals surface area contributed by atoms with Crippen molar-refractivity contribution in [3.8, 4) is 0 Å². The number of amides is 2. The van der Waals surface area contributed by atoms with Crippen molar-refractivity contribution in [3.05, 3.63) is 35.9 Å². The Morgan fingerprint density at radius 1 is 1.22 bits per heavy atom. The predicted molar refractivity (Wildman–Crippen MR) is 104 cm³/mol. The lowest BCUT2D eigenvalue weighted by atomic mass is 9.81. The summed E-state index contributed by atoms with van der Waals surface area (Å²) < 4.78 is 5.28. The molecule has 0 aliphatic heterocycles. The number of nitrogens with zero attached hydrogens (tertiary/aromatic N) is 1. The van der Waals surface area contributed by atoms with E-state index >= 15 is 0 Å². The molecule has 1 aliphatic carbocycles. The maximum absolute atomic E-state index is 12.2. The fourth-order valence-corrected chi connectivity index (χ4v) is 3.71. The molecule has 1 aromatic carbocycles. The van der Waals surface area contributed by atoms with E-state index in [9.17, 15) is 9.59 Å². The minimum absolute atomic E-state index is 0.00783. The van der Waals surface area contributed by atoms with Crippen molar-refractivity contribution in [2.24, 2.45) is 11.8 Å². The zero-order valence-electron chi connectivity index (χ0n) is 16.4. The second-order valence-electron chi connectivity index (χ2n) is 7.54. The van der Waals surface area contributed by atoms with Gasteiger partial charge < -0.3 is 20.1 Å². The van der Waals surface area contributed by atoms with Crippen LogP contribution in [0.15, 0.2) is 30.3 Å². The highest BCUT2D eigenvalue weighted by atomic mass is 16.5. The van der Waals surface area contributed by atoms with E-state index in [2.05, 4.69) is 5.32 Å². The second kappa shape index (κ2) is 10.9. The molecule has 1 saturated carbocycles. The molecule has 0 bridgehead atoms. The van der Waals surface area contributed by atoms with Gasteiger partial charge in [-0.15, -0.1) is 0 Å². The van der Waals surface area contributed by atoms with Crippen LogP contribution in [0.1, 0.15) is 44.6 Å². The summed E-state index contributed by atoms with van der Waals surface area (Å²) in [6.07, 6.45) is 4.34. The van der Waals surface area contributed by atoms with Crippen molar-refractivity contribution in [2.75, 3.05) is 20.2 Å². The normalized spacial score (nSPS) is 20.6. The molecule has 1 aromatic rings. The van der Waals surface area contributed by atoms with Gasteiger partial charge in [0.15, 0.2) is 0 Å². The lowest BCUT2D eigenvalue weighted by Crippen LogP contribution is -2.39. The second-order valence-corrected chi connectivity index (χ2v) is 7.54. The Balaban J connectivity index is 1.66. The van der Waals surface area contributed by atoms with Gasteiger partial charge in [-0.25, -0.2) is 4.79 Å². The number of benzene rings is 1. The highest BCUT2D eigenvalue weighted by Gasteiger charge is 2.27. The first-order valence-corrected chi connectivity index (χ1v) is 9.82. The summed E-state index contributed by atoms with van der Waals surface area (Å²) in [6, 6.07) is 9.78. The predicted octanol–water partition coefficient (Wildman–Crippen LogP) is 2.95. The number of carbonyl (C=O) groups is 2. The molecular weight excluding hydrogens is 344 g/mol. The van der Waals surface area contributed by atoms with Gasteiger partial charge in [0.2, 0.25) is 5.91 Å². The number of nitrogens with one attached hydrogen (secondary N) is 1. The van der Waals surface area contributed by atoms with Crippen molar-refractivity contribution in [2.45, 2.75) is 51.7 Å². The average molecular weight is 376 g/mol. The van der Waals surface area contributed by atoms with Crippen molar-refractivity contribution in [1.82, 2.24) is 10.2 Å². The molecule has 0 aromatic heterocycles. The number of alkyl carbamates (subject to hydrolysis) is 1. The monoisotopic (exact) mass is 376 g/mol. The summed E-state index contributed by atoms with van der Waals surface area (Å²) >= 11 is 0. The highest BCUT2D eigenvalue weighted by Crippen LogP contribution is 2.30. The Hall–Kier alpha value is -2.08. The quantitative estimate of drug-likeness (QED) is 0.731. The third-order valence-electron chi connectivity index (χ3n) is 5.30. The maximum atomic E-state index is 12.2. The third kappa shape index (κ3) is 7.21. The van der Waals surface area contributed by atoms with Gasteiger partial charge >= 0.3 is 6.09 Å². The zero-order chi connectivity index (χ0) is 19.6. The van der Waals surface area contributed by atoms with Crippen molar-refractivity contribution < 1.29 is 19.4 Å². The zero-order valence-corrected chi connectivity index (χ0v) is 16.4. The minimum atomic E-state index is -0.364. The Labute approximate surface area is 161 Å². The fourth-order valence-electron chi connectivity index (χ4n) is 3.71. The van der Waals surface area contributed by atoms with Gasteiger partial charge in [-0.2, -0.15) is 0 Å². The maximum Gasteiger partial charge on any atom is 0.407 e. The molecule has 27 heavy (non-hydrogen) atoms. The van der Waals surface area contributed by atoms with Crippen LogP contribution >= 0.6 is 0 Å². The first-order valence-electron chi connectivity index (χ1n) is 9.82. The van der Waals surface area contributed by atoms with Crippen LogP contribution in [0.25, 0.3) is 0 Å². The Morgan fingerprint density at radius 2 is 1.89 bits per heavy atom. The van der Waals surface area contributed by atoms with E-state index < -0.39 is 0 Å². The molecule has 0 radical (unpaired) electrons. The van der Waals surface area contributed by atoms with Gasteiger partial charge in [0, 0.05) is 25.6 Å². The van der Waals surface area contributed by atoms with Crippen molar-refractivity contribution in [1.29, 1.82) is 0 Å². The number of hydrogen-bond donors (Lipinski definition) is 2. The van der Waals surface area contributed by atoms with E-state index in [0.717, 1.165) is 37.7 Å². The SMILES string of the molecule is CC(C[C@H]1CC[C@H](NC(=O)OCc2ccccc2)CC1)C(=O)N(C)CCO. The molecule has 0 heterocycles. The van der Waals surface area contributed by atoms with Crippen molar-refractivity contribution in [3.63, 3.8) is 0 Å². The molecule has 6 heteroatoms. The number of rotatable bonds is 8. The van der Waals surface area contributed by atoms with Gasteiger partial charge in [0.05, 0.1) is 6.61 Å². The average Bonchev–Trinajstić information content (AvgIpc) is 2.68. The summed E-state index contributed by atoms with van der Waals surface area (Å²) in [5.41, 5.74) is 0.973. The minimum Gasteiger partial charge on any atom is -0.445 e. The van der Waals surface area contributed by atoms with E-state index in [4.69, 9.17) is 9.84 Å². The number of likely N-dealkylation sites (N-methyl/N-ethyl adjacent to an activating group) is 1. The number of hydrogen-bond acceptors (Lipinski definition) is 4. The Bertz CT molecular complexity index is 585. The van der Waals surface area contributed by atoms with E-state index in [-0.39, 0.29) is 37.2 Å². The molecule has 0 spiro atoms. The number of aliphatic hydroxyl groups is 1. The summed E-state index contributed by atoms with van der Waals surface area (Å²) in [5, 5.41) is 11.9. The Morgan fingerprint density at radius 3 is 2.52 bits per heavy atom. The van der Waals surface area contributed by atoms with Crippen LogP contribution in [0.3, 0.4) is 0 Å².